The molecule has 0 fully saturated rings. The van der Waals surface area contributed by atoms with Crippen LogP contribution in [0.5, 0.6) is 0 Å². The second kappa shape index (κ2) is 6.47. The quantitative estimate of drug-likeness (QED) is 0.664. The molecule has 3 rings (SSSR count). The molecule has 6 heteroatoms. The number of anilines is 2. The van der Waals surface area contributed by atoms with Gasteiger partial charge in [-0.05, 0) is 37.5 Å². The molecule has 0 aliphatic carbocycles. The minimum Gasteiger partial charge on any atom is -0.371 e. The normalized spacial score (nSPS) is 11.0. The molecule has 0 unspecified atom stereocenters. The molecule has 5 nitrogen and oxygen atoms in total. The van der Waals surface area contributed by atoms with Crippen LogP contribution < -0.4 is 10.6 Å². The van der Waals surface area contributed by atoms with Crippen molar-refractivity contribution in [3.05, 3.63) is 46.5 Å². The molecule has 2 aromatic heterocycles. The van der Waals surface area contributed by atoms with Gasteiger partial charge in [0.2, 0.25) is 5.95 Å². The number of hydrogen-bond acceptors (Lipinski definition) is 4. The van der Waals surface area contributed by atoms with Gasteiger partial charge >= 0.3 is 0 Å². The fourth-order valence-electron chi connectivity index (χ4n) is 3.01. The summed E-state index contributed by atoms with van der Waals surface area (Å²) in [5, 5.41) is 7.15. The average molecular weight is 327 g/mol. The maximum atomic E-state index is 13.5. The number of rotatable bonds is 5. The third-order valence-electron chi connectivity index (χ3n) is 4.27. The van der Waals surface area contributed by atoms with Crippen molar-refractivity contribution in [1.82, 2.24) is 15.0 Å². The number of halogens is 1. The first kappa shape index (κ1) is 16.2. The van der Waals surface area contributed by atoms with Crippen LogP contribution in [0.2, 0.25) is 0 Å². The first-order chi connectivity index (χ1) is 11.5. The Bertz CT molecular complexity index is 885. The summed E-state index contributed by atoms with van der Waals surface area (Å²) in [6.45, 7) is 6.95. The summed E-state index contributed by atoms with van der Waals surface area (Å²) in [5.74, 6) is 0.119. The smallest absolute Gasteiger partial charge is 0.225 e. The molecule has 0 spiro atoms. The molecule has 0 atom stereocenters. The van der Waals surface area contributed by atoms with Crippen LogP contribution >= 0.6 is 0 Å². The van der Waals surface area contributed by atoms with Gasteiger partial charge in [-0.25, -0.2) is 9.37 Å². The van der Waals surface area contributed by atoms with E-state index in [-0.39, 0.29) is 5.82 Å². The van der Waals surface area contributed by atoms with Gasteiger partial charge in [-0.3, -0.25) is 0 Å². The minimum absolute atomic E-state index is 0.186. The van der Waals surface area contributed by atoms with Crippen LogP contribution in [0.1, 0.15) is 29.3 Å². The molecule has 126 valence electrons. The van der Waals surface area contributed by atoms with Crippen molar-refractivity contribution in [2.24, 2.45) is 0 Å². The molecule has 3 aromatic rings. The van der Waals surface area contributed by atoms with Crippen molar-refractivity contribution >= 4 is 22.7 Å². The van der Waals surface area contributed by atoms with Gasteiger partial charge in [0.1, 0.15) is 0 Å². The molecular weight excluding hydrogens is 305 g/mol. The lowest BCUT2D eigenvalue weighted by molar-refractivity contribution is 0.618. The van der Waals surface area contributed by atoms with Gasteiger partial charge < -0.3 is 15.6 Å². The van der Waals surface area contributed by atoms with Crippen LogP contribution in [-0.2, 0) is 13.0 Å². The van der Waals surface area contributed by atoms with Crippen molar-refractivity contribution < 1.29 is 4.39 Å². The Kier molecular flexibility index (Phi) is 4.38. The largest absolute Gasteiger partial charge is 0.371 e. The molecule has 0 aliphatic rings. The number of nitrogens with zero attached hydrogens (tertiary/aromatic N) is 2. The van der Waals surface area contributed by atoms with Gasteiger partial charge in [0.15, 0.2) is 11.6 Å². The molecule has 0 bridgehead atoms. The molecule has 24 heavy (non-hydrogen) atoms. The lowest BCUT2D eigenvalue weighted by Gasteiger charge is -2.09. The highest BCUT2D eigenvalue weighted by Crippen LogP contribution is 2.27. The Morgan fingerprint density at radius 2 is 2.04 bits per heavy atom. The average Bonchev–Trinajstić information content (AvgIpc) is 2.90. The number of fused-ring (bicyclic) bond motifs is 1. The Morgan fingerprint density at radius 1 is 1.25 bits per heavy atom. The molecule has 0 saturated heterocycles. The van der Waals surface area contributed by atoms with Crippen LogP contribution in [-0.4, -0.2) is 22.0 Å². The van der Waals surface area contributed by atoms with Crippen molar-refractivity contribution in [2.45, 2.75) is 33.7 Å². The maximum Gasteiger partial charge on any atom is 0.225 e. The predicted molar refractivity (Wildman–Crippen MR) is 96.0 cm³/mol. The zero-order chi connectivity index (χ0) is 17.3. The van der Waals surface area contributed by atoms with Crippen LogP contribution in [0, 0.1) is 19.7 Å². The molecular formula is C18H22FN5. The number of aromatic nitrogens is 3. The van der Waals surface area contributed by atoms with Gasteiger partial charge in [0.25, 0.3) is 0 Å². The highest BCUT2D eigenvalue weighted by atomic mass is 19.1. The second-order valence-electron chi connectivity index (χ2n) is 5.92. The topological polar surface area (TPSA) is 65.6 Å². The zero-order valence-corrected chi connectivity index (χ0v) is 14.4. The number of benzene rings is 1. The Morgan fingerprint density at radius 3 is 2.75 bits per heavy atom. The highest BCUT2D eigenvalue weighted by molar-refractivity contribution is 5.88. The van der Waals surface area contributed by atoms with E-state index in [9.17, 15) is 4.39 Å². The summed E-state index contributed by atoms with van der Waals surface area (Å²) in [6.07, 6.45) is 2.14. The number of aromatic amines is 1. The third-order valence-corrected chi connectivity index (χ3v) is 4.27. The standard InChI is InChI=1S/C18H22FN5/c1-5-15-11(3)13-7-10(2)6-12(16(13)23-15)8-21-18-22-9-14(19)17(20-4)24-18/h6-7,9,23H,5,8H2,1-4H3,(H2,20,21,22,24). The summed E-state index contributed by atoms with van der Waals surface area (Å²) in [7, 11) is 1.63. The second-order valence-corrected chi connectivity index (χ2v) is 5.92. The van der Waals surface area contributed by atoms with Crippen LogP contribution in [0.15, 0.2) is 18.3 Å². The van der Waals surface area contributed by atoms with Crippen molar-refractivity contribution in [3.63, 3.8) is 0 Å². The van der Waals surface area contributed by atoms with Gasteiger partial charge in [-0.2, -0.15) is 4.98 Å². The maximum absolute atomic E-state index is 13.5. The molecule has 2 heterocycles. The summed E-state index contributed by atoms with van der Waals surface area (Å²) in [5.41, 5.74) is 6.05. The molecule has 0 aliphatic heterocycles. The van der Waals surface area contributed by atoms with Gasteiger partial charge in [-0.15, -0.1) is 0 Å². The fraction of sp³-hybridized carbons (Fsp3) is 0.333. The number of H-pyrrole nitrogens is 1. The van der Waals surface area contributed by atoms with Crippen molar-refractivity contribution in [2.75, 3.05) is 17.7 Å². The lowest BCUT2D eigenvalue weighted by atomic mass is 10.0. The number of aryl methyl sites for hydroxylation is 3. The molecule has 0 saturated carbocycles. The molecule has 0 amide bonds. The monoisotopic (exact) mass is 327 g/mol. The van der Waals surface area contributed by atoms with E-state index in [2.05, 4.69) is 58.5 Å². The summed E-state index contributed by atoms with van der Waals surface area (Å²) < 4.78 is 13.5. The van der Waals surface area contributed by atoms with Crippen molar-refractivity contribution in [3.8, 4) is 0 Å². The fourth-order valence-corrected chi connectivity index (χ4v) is 3.01. The van der Waals surface area contributed by atoms with Crippen LogP contribution in [0.4, 0.5) is 16.2 Å². The molecule has 3 N–H and O–H groups in total. The number of hydrogen-bond donors (Lipinski definition) is 3. The molecule has 0 radical (unpaired) electrons. The van der Waals surface area contributed by atoms with E-state index in [1.807, 2.05) is 0 Å². The van der Waals surface area contributed by atoms with Gasteiger partial charge in [0.05, 0.1) is 11.7 Å². The zero-order valence-electron chi connectivity index (χ0n) is 14.4. The van der Waals surface area contributed by atoms with E-state index in [1.165, 1.54) is 28.4 Å². The van der Waals surface area contributed by atoms with E-state index in [0.717, 1.165) is 17.5 Å². The minimum atomic E-state index is -0.464. The van der Waals surface area contributed by atoms with E-state index in [4.69, 9.17) is 0 Å². The van der Waals surface area contributed by atoms with Gasteiger partial charge in [0, 0.05) is 24.7 Å². The van der Waals surface area contributed by atoms with Crippen LogP contribution in [0.3, 0.4) is 0 Å². The Balaban J connectivity index is 1.92. The summed E-state index contributed by atoms with van der Waals surface area (Å²) >= 11 is 0. The lowest BCUT2D eigenvalue weighted by Crippen LogP contribution is -2.07. The Labute approximate surface area is 140 Å². The van der Waals surface area contributed by atoms with E-state index < -0.39 is 5.82 Å². The molecule has 1 aromatic carbocycles. The van der Waals surface area contributed by atoms with E-state index in [0.29, 0.717) is 12.5 Å². The number of nitrogens with one attached hydrogen (secondary N) is 3. The Hall–Kier alpha value is -2.63. The van der Waals surface area contributed by atoms with Crippen molar-refractivity contribution in [1.29, 1.82) is 0 Å². The first-order valence-electron chi connectivity index (χ1n) is 8.08. The highest BCUT2D eigenvalue weighted by Gasteiger charge is 2.11. The first-order valence-corrected chi connectivity index (χ1v) is 8.08. The van der Waals surface area contributed by atoms with Gasteiger partial charge in [-0.1, -0.05) is 18.6 Å². The van der Waals surface area contributed by atoms with E-state index >= 15 is 0 Å². The summed E-state index contributed by atoms with van der Waals surface area (Å²) in [4.78, 5) is 11.6. The summed E-state index contributed by atoms with van der Waals surface area (Å²) in [6, 6.07) is 4.35. The predicted octanol–water partition coefficient (Wildman–Crippen LogP) is 3.93. The van der Waals surface area contributed by atoms with Crippen LogP contribution in [0.25, 0.3) is 10.9 Å². The SMILES string of the molecule is CCc1[nH]c2c(CNc3ncc(F)c(NC)n3)cc(C)cc2c1C. The third kappa shape index (κ3) is 2.91. The van der Waals surface area contributed by atoms with E-state index in [1.54, 1.807) is 7.05 Å².